The molecule has 0 fully saturated rings. The number of aliphatic carboxylic acids is 1. The molecule has 0 saturated carbocycles. The average Bonchev–Trinajstić information content (AvgIpc) is 2.85. The van der Waals surface area contributed by atoms with Crippen molar-refractivity contribution in [3.05, 3.63) is 0 Å². The van der Waals surface area contributed by atoms with Crippen molar-refractivity contribution >= 4 is 35.6 Å². The van der Waals surface area contributed by atoms with E-state index in [4.69, 9.17) is 34.4 Å². The van der Waals surface area contributed by atoms with Crippen LogP contribution in [0.15, 0.2) is 9.98 Å². The predicted molar refractivity (Wildman–Crippen MR) is 154 cm³/mol. The molecule has 0 bridgehead atoms. The lowest BCUT2D eigenvalue weighted by molar-refractivity contribution is -0.142. The Morgan fingerprint density at radius 1 is 0.700 bits per heavy atom. The molecule has 230 valence electrons. The van der Waals surface area contributed by atoms with Crippen molar-refractivity contribution in [3.8, 4) is 0 Å². The maximum absolute atomic E-state index is 13.3. The van der Waals surface area contributed by atoms with Gasteiger partial charge in [0.05, 0.1) is 6.04 Å². The normalized spacial score (nSPS) is 13.8. The monoisotopic (exact) mass is 571 g/mol. The number of carboxylic acids is 1. The topological polar surface area (TPSA) is 305 Å². The summed E-state index contributed by atoms with van der Waals surface area (Å²) < 4.78 is 0. The Labute approximate surface area is 235 Å². The highest BCUT2D eigenvalue weighted by Gasteiger charge is 2.30. The molecule has 40 heavy (non-hydrogen) atoms. The number of nitrogens with one attached hydrogen (secondary N) is 3. The highest BCUT2D eigenvalue weighted by atomic mass is 16.4. The summed E-state index contributed by atoms with van der Waals surface area (Å²) in [6.07, 6.45) is 2.60. The number of rotatable bonds is 21. The van der Waals surface area contributed by atoms with E-state index in [1.807, 2.05) is 13.8 Å². The van der Waals surface area contributed by atoms with Crippen molar-refractivity contribution in [3.63, 3.8) is 0 Å². The number of carbonyl (C=O) groups is 4. The summed E-state index contributed by atoms with van der Waals surface area (Å²) in [5, 5.41) is 17.4. The Morgan fingerprint density at radius 2 is 1.12 bits per heavy atom. The second-order valence-corrected chi connectivity index (χ2v) is 9.94. The molecule has 16 N–H and O–H groups in total. The molecule has 0 aromatic carbocycles. The van der Waals surface area contributed by atoms with Gasteiger partial charge in [-0.2, -0.15) is 0 Å². The molecule has 0 spiro atoms. The van der Waals surface area contributed by atoms with Gasteiger partial charge in [0.25, 0.3) is 0 Å². The molecule has 0 aromatic rings. The molecule has 3 amide bonds. The molecule has 0 unspecified atom stereocenters. The lowest BCUT2D eigenvalue weighted by Crippen LogP contribution is -2.57. The first-order valence-electron chi connectivity index (χ1n) is 13.5. The number of nitrogens with two attached hydrogens (primary N) is 6. The quantitative estimate of drug-likeness (QED) is 0.0379. The van der Waals surface area contributed by atoms with Crippen LogP contribution in [-0.4, -0.2) is 84.5 Å². The molecular weight excluding hydrogens is 522 g/mol. The van der Waals surface area contributed by atoms with Gasteiger partial charge in [0, 0.05) is 13.1 Å². The van der Waals surface area contributed by atoms with E-state index < -0.39 is 47.9 Å². The van der Waals surface area contributed by atoms with Crippen LogP contribution in [0.25, 0.3) is 0 Å². The van der Waals surface area contributed by atoms with Crippen LogP contribution in [-0.2, 0) is 19.2 Å². The van der Waals surface area contributed by atoms with Gasteiger partial charge in [-0.15, -0.1) is 0 Å². The number of carbonyl (C=O) groups excluding carboxylic acids is 3. The van der Waals surface area contributed by atoms with Gasteiger partial charge in [-0.25, -0.2) is 4.79 Å². The second kappa shape index (κ2) is 20.3. The van der Waals surface area contributed by atoms with E-state index in [2.05, 4.69) is 25.9 Å². The van der Waals surface area contributed by atoms with E-state index in [1.165, 1.54) is 0 Å². The first-order valence-corrected chi connectivity index (χ1v) is 13.5. The molecule has 0 saturated heterocycles. The Bertz CT molecular complexity index is 858. The van der Waals surface area contributed by atoms with Crippen LogP contribution in [0.1, 0.15) is 65.2 Å². The summed E-state index contributed by atoms with van der Waals surface area (Å²) in [7, 11) is 0. The molecular formula is C24H49N11O5. The minimum Gasteiger partial charge on any atom is -0.480 e. The largest absolute Gasteiger partial charge is 0.480 e. The highest BCUT2D eigenvalue weighted by molar-refractivity contribution is 5.94. The van der Waals surface area contributed by atoms with Crippen molar-refractivity contribution in [1.82, 2.24) is 16.0 Å². The van der Waals surface area contributed by atoms with Gasteiger partial charge in [0.2, 0.25) is 17.7 Å². The van der Waals surface area contributed by atoms with Gasteiger partial charge in [-0.05, 0) is 63.8 Å². The fourth-order valence-electron chi connectivity index (χ4n) is 3.73. The number of hydrogen-bond donors (Lipinski definition) is 10. The SMILES string of the molecule is CC(C)C[C@H](N)C(=O)N[C@@H](CCCN=C(N)N)C(=O)N[C@@H](CCCCN)C(=O)N[C@@H](CCCN=C(N)N)C(=O)O. The molecule has 0 aromatic heterocycles. The average molecular weight is 572 g/mol. The number of carboxylic acid groups (broad SMARTS) is 1. The zero-order valence-electron chi connectivity index (χ0n) is 23.6. The van der Waals surface area contributed by atoms with Gasteiger partial charge in [0.15, 0.2) is 11.9 Å². The number of unbranched alkanes of at least 4 members (excludes halogenated alkanes) is 1. The van der Waals surface area contributed by atoms with Crippen molar-refractivity contribution in [2.75, 3.05) is 19.6 Å². The van der Waals surface area contributed by atoms with Crippen molar-refractivity contribution in [2.24, 2.45) is 50.3 Å². The third kappa shape index (κ3) is 17.0. The van der Waals surface area contributed by atoms with Crippen LogP contribution < -0.4 is 50.4 Å². The summed E-state index contributed by atoms with van der Waals surface area (Å²) >= 11 is 0. The molecule has 0 aliphatic carbocycles. The van der Waals surface area contributed by atoms with E-state index in [9.17, 15) is 24.3 Å². The van der Waals surface area contributed by atoms with Gasteiger partial charge in [0.1, 0.15) is 18.1 Å². The van der Waals surface area contributed by atoms with Gasteiger partial charge >= 0.3 is 5.97 Å². The van der Waals surface area contributed by atoms with Gasteiger partial charge in [-0.1, -0.05) is 13.8 Å². The van der Waals surface area contributed by atoms with E-state index in [1.54, 1.807) is 0 Å². The zero-order valence-corrected chi connectivity index (χ0v) is 23.6. The van der Waals surface area contributed by atoms with E-state index in [0.29, 0.717) is 38.6 Å². The van der Waals surface area contributed by atoms with Gasteiger partial charge in [-0.3, -0.25) is 24.4 Å². The zero-order chi connectivity index (χ0) is 30.7. The van der Waals surface area contributed by atoms with Crippen LogP contribution in [0.3, 0.4) is 0 Å². The Kier molecular flexibility index (Phi) is 18.4. The molecule has 0 heterocycles. The van der Waals surface area contributed by atoms with E-state index in [-0.39, 0.29) is 50.2 Å². The van der Waals surface area contributed by atoms with Gasteiger partial charge < -0.3 is 55.5 Å². The van der Waals surface area contributed by atoms with E-state index in [0.717, 1.165) is 0 Å². The second-order valence-electron chi connectivity index (χ2n) is 9.94. The Morgan fingerprint density at radius 3 is 1.55 bits per heavy atom. The van der Waals surface area contributed by atoms with Crippen LogP contribution in [0.2, 0.25) is 0 Å². The Balaban J connectivity index is 5.63. The molecule has 0 rings (SSSR count). The number of aliphatic imine (C=N–C) groups is 2. The maximum Gasteiger partial charge on any atom is 0.326 e. The Hall–Kier alpha value is -3.66. The first kappa shape index (κ1) is 36.3. The highest BCUT2D eigenvalue weighted by Crippen LogP contribution is 2.08. The number of guanidine groups is 2. The van der Waals surface area contributed by atoms with Crippen LogP contribution in [0.5, 0.6) is 0 Å². The third-order valence-electron chi connectivity index (χ3n) is 5.78. The molecule has 16 nitrogen and oxygen atoms in total. The van der Waals surface area contributed by atoms with Crippen LogP contribution in [0, 0.1) is 5.92 Å². The third-order valence-corrected chi connectivity index (χ3v) is 5.78. The fraction of sp³-hybridized carbons (Fsp3) is 0.750. The molecule has 0 radical (unpaired) electrons. The van der Waals surface area contributed by atoms with Crippen molar-refractivity contribution < 1.29 is 24.3 Å². The minimum absolute atomic E-state index is 0.0680. The summed E-state index contributed by atoms with van der Waals surface area (Å²) in [6.45, 7) is 4.63. The standard InChI is InChI=1S/C24H49N11O5/c1-14(2)13-15(26)19(36)33-17(8-5-11-31-23(27)28)20(37)34-16(7-3-4-10-25)21(38)35-18(22(39)40)9-6-12-32-24(29)30/h14-18H,3-13,25-26H2,1-2H3,(H,33,36)(H,34,37)(H,35,38)(H,39,40)(H4,27,28,31)(H4,29,30,32)/t15-,16-,17-,18-/m0/s1. The smallest absolute Gasteiger partial charge is 0.326 e. The number of hydrogen-bond acceptors (Lipinski definition) is 8. The van der Waals surface area contributed by atoms with Crippen molar-refractivity contribution in [1.29, 1.82) is 0 Å². The molecule has 4 atom stereocenters. The predicted octanol–water partition coefficient (Wildman–Crippen LogP) is -2.87. The number of amides is 3. The first-order chi connectivity index (χ1) is 18.8. The van der Waals surface area contributed by atoms with Crippen LogP contribution >= 0.6 is 0 Å². The molecule has 0 aliphatic heterocycles. The fourth-order valence-corrected chi connectivity index (χ4v) is 3.73. The summed E-state index contributed by atoms with van der Waals surface area (Å²) in [5.41, 5.74) is 32.8. The van der Waals surface area contributed by atoms with Crippen molar-refractivity contribution in [2.45, 2.75) is 89.4 Å². The lowest BCUT2D eigenvalue weighted by atomic mass is 10.0. The maximum atomic E-state index is 13.3. The number of nitrogens with zero attached hydrogens (tertiary/aromatic N) is 2. The van der Waals surface area contributed by atoms with E-state index >= 15 is 0 Å². The van der Waals surface area contributed by atoms with Crippen LogP contribution in [0.4, 0.5) is 0 Å². The summed E-state index contributed by atoms with van der Waals surface area (Å²) in [5.74, 6) is -3.12. The molecule has 0 aliphatic rings. The summed E-state index contributed by atoms with van der Waals surface area (Å²) in [4.78, 5) is 58.5. The lowest BCUT2D eigenvalue weighted by Gasteiger charge is -2.25. The molecule has 16 heteroatoms. The summed E-state index contributed by atoms with van der Waals surface area (Å²) in [6, 6.07) is -4.15. The minimum atomic E-state index is -1.24.